The minimum Gasteiger partial charge on any atom is -0.451 e. The molecule has 176 valence electrons. The van der Waals surface area contributed by atoms with Crippen LogP contribution < -0.4 is 10.6 Å². The van der Waals surface area contributed by atoms with Gasteiger partial charge in [0.25, 0.3) is 5.91 Å². The van der Waals surface area contributed by atoms with Gasteiger partial charge in [0.05, 0.1) is 12.1 Å². The molecule has 0 bridgehead atoms. The number of hydrogen-bond acceptors (Lipinski definition) is 5. The van der Waals surface area contributed by atoms with Crippen LogP contribution in [0.1, 0.15) is 50.6 Å². The van der Waals surface area contributed by atoms with E-state index >= 15 is 0 Å². The van der Waals surface area contributed by atoms with E-state index in [0.717, 1.165) is 5.39 Å². The number of fused-ring (bicyclic) bond motifs is 1. The quantitative estimate of drug-likeness (QED) is 0.463. The summed E-state index contributed by atoms with van der Waals surface area (Å²) in [6.07, 6.45) is 0.386. The summed E-state index contributed by atoms with van der Waals surface area (Å²) in [4.78, 5) is 25.8. The van der Waals surface area contributed by atoms with E-state index in [1.165, 1.54) is 4.31 Å². The summed E-state index contributed by atoms with van der Waals surface area (Å²) in [5, 5.41) is 16.9. The van der Waals surface area contributed by atoms with Crippen LogP contribution in [0, 0.1) is 5.92 Å². The Morgan fingerprint density at radius 1 is 1.28 bits per heavy atom. The van der Waals surface area contributed by atoms with E-state index in [2.05, 4.69) is 10.6 Å². The molecule has 1 aromatic heterocycles. The molecule has 1 fully saturated rings. The van der Waals surface area contributed by atoms with Gasteiger partial charge in [0.15, 0.2) is 5.76 Å². The van der Waals surface area contributed by atoms with Gasteiger partial charge < -0.3 is 20.2 Å². The Morgan fingerprint density at radius 3 is 2.66 bits per heavy atom. The fraction of sp³-hybridized carbons (Fsp3) is 0.545. The number of furan rings is 1. The van der Waals surface area contributed by atoms with E-state index < -0.39 is 41.3 Å². The molecule has 4 N–H and O–H groups in total. The topological polar surface area (TPSA) is 132 Å². The molecule has 2 aromatic rings. The molecular formula is C22H31N3O6S. The summed E-state index contributed by atoms with van der Waals surface area (Å²) < 4.78 is 27.9. The second kappa shape index (κ2) is 10.6. The molecule has 1 saturated heterocycles. The molecule has 0 saturated carbocycles. The van der Waals surface area contributed by atoms with Crippen molar-refractivity contribution < 1.29 is 27.9 Å². The summed E-state index contributed by atoms with van der Waals surface area (Å²) in [6, 6.07) is 7.29. The van der Waals surface area contributed by atoms with Crippen LogP contribution >= 0.6 is 0 Å². The van der Waals surface area contributed by atoms with Crippen molar-refractivity contribution in [2.75, 3.05) is 6.54 Å². The van der Waals surface area contributed by atoms with Crippen molar-refractivity contribution in [3.05, 3.63) is 36.1 Å². The first kappa shape index (κ1) is 24.4. The largest absolute Gasteiger partial charge is 0.451 e. The van der Waals surface area contributed by atoms with Gasteiger partial charge in [-0.25, -0.2) is 4.21 Å². The number of β-amino-alcohol motifs (C(OH)–C–C–N with tert-alkyl or cyclic N) is 1. The third-order valence-electron chi connectivity index (χ3n) is 5.73. The van der Waals surface area contributed by atoms with Gasteiger partial charge in [-0.1, -0.05) is 32.0 Å². The zero-order chi connectivity index (χ0) is 23.4. The second-order valence-electron chi connectivity index (χ2n) is 8.74. The zero-order valence-electron chi connectivity index (χ0n) is 18.5. The maximum Gasteiger partial charge on any atom is 0.287 e. The lowest BCUT2D eigenvalue weighted by Gasteiger charge is -2.27. The van der Waals surface area contributed by atoms with E-state index in [1.807, 2.05) is 32.0 Å². The number of rotatable bonds is 7. The minimum absolute atomic E-state index is 0.0323. The van der Waals surface area contributed by atoms with Crippen molar-refractivity contribution in [2.45, 2.75) is 64.3 Å². The van der Waals surface area contributed by atoms with Crippen LogP contribution in [-0.2, 0) is 16.1 Å². The Labute approximate surface area is 190 Å². The summed E-state index contributed by atoms with van der Waals surface area (Å²) in [5.74, 6) is -0.637. The van der Waals surface area contributed by atoms with Crippen molar-refractivity contribution >= 4 is 34.1 Å². The lowest BCUT2D eigenvalue weighted by molar-refractivity contribution is -0.125. The van der Waals surface area contributed by atoms with E-state index in [9.17, 15) is 23.5 Å². The number of para-hydroxylation sites is 1. The normalized spacial score (nSPS) is 24.1. The van der Waals surface area contributed by atoms with E-state index in [1.54, 1.807) is 19.1 Å². The van der Waals surface area contributed by atoms with Crippen molar-refractivity contribution in [2.24, 2.45) is 5.92 Å². The first-order valence-electron chi connectivity index (χ1n) is 10.8. The molecule has 1 aliphatic rings. The predicted octanol–water partition coefficient (Wildman–Crippen LogP) is 2.04. The number of hydrogen-bond donors (Lipinski definition) is 4. The van der Waals surface area contributed by atoms with E-state index in [0.29, 0.717) is 24.8 Å². The molecule has 3 rings (SSSR count). The van der Waals surface area contributed by atoms with Gasteiger partial charge in [-0.15, -0.1) is 0 Å². The maximum absolute atomic E-state index is 13.1. The van der Waals surface area contributed by atoms with Gasteiger partial charge in [0.2, 0.25) is 17.2 Å². The highest BCUT2D eigenvalue weighted by Gasteiger charge is 2.34. The molecule has 32 heavy (non-hydrogen) atoms. The molecule has 2 amide bonds. The Hall–Kier alpha value is -2.27. The SMILES string of the molecule is CC(C)C[C@H](NC(=O)c1cc2ccccc2o1)C(=O)N[C@H]1CC[C@@H](C)N(S(=O)O)C[C@@H]1O. The Kier molecular flexibility index (Phi) is 8.05. The molecule has 5 atom stereocenters. The number of carbonyl (C=O) groups is 2. The summed E-state index contributed by atoms with van der Waals surface area (Å²) in [7, 11) is 0. The van der Waals surface area contributed by atoms with Gasteiger partial charge in [-0.2, -0.15) is 4.31 Å². The molecule has 0 aliphatic carbocycles. The number of aliphatic hydroxyl groups is 1. The van der Waals surface area contributed by atoms with Crippen molar-refractivity contribution in [3.8, 4) is 0 Å². The molecule has 10 heteroatoms. The maximum atomic E-state index is 13.1. The lowest BCUT2D eigenvalue weighted by atomic mass is 10.0. The molecule has 1 aromatic carbocycles. The first-order valence-corrected chi connectivity index (χ1v) is 11.9. The zero-order valence-corrected chi connectivity index (χ0v) is 19.3. The Balaban J connectivity index is 1.70. The highest BCUT2D eigenvalue weighted by Crippen LogP contribution is 2.21. The third kappa shape index (κ3) is 5.94. The number of carbonyl (C=O) groups excluding carboxylic acids is 2. The van der Waals surface area contributed by atoms with Gasteiger partial charge >= 0.3 is 0 Å². The summed E-state index contributed by atoms with van der Waals surface area (Å²) in [6.45, 7) is 5.67. The fourth-order valence-electron chi connectivity index (χ4n) is 3.94. The lowest BCUT2D eigenvalue weighted by Crippen LogP contribution is -2.53. The Morgan fingerprint density at radius 2 is 2.00 bits per heavy atom. The highest BCUT2D eigenvalue weighted by atomic mass is 32.2. The number of nitrogens with zero attached hydrogens (tertiary/aromatic N) is 1. The molecule has 9 nitrogen and oxygen atoms in total. The van der Waals surface area contributed by atoms with E-state index in [4.69, 9.17) is 4.42 Å². The third-order valence-corrected chi connectivity index (χ3v) is 6.64. The molecule has 2 heterocycles. The second-order valence-corrected chi connectivity index (χ2v) is 9.67. The van der Waals surface area contributed by atoms with Crippen LogP contribution in [0.3, 0.4) is 0 Å². The number of amides is 2. The van der Waals surface area contributed by atoms with Crippen molar-refractivity contribution in [1.82, 2.24) is 14.9 Å². The monoisotopic (exact) mass is 465 g/mol. The highest BCUT2D eigenvalue weighted by molar-refractivity contribution is 7.76. The fourth-order valence-corrected chi connectivity index (χ4v) is 4.64. The smallest absolute Gasteiger partial charge is 0.287 e. The van der Waals surface area contributed by atoms with Crippen LogP contribution in [-0.4, -0.2) is 60.8 Å². The average Bonchev–Trinajstić information content (AvgIpc) is 3.11. The van der Waals surface area contributed by atoms with Gasteiger partial charge in [-0.3, -0.25) is 14.1 Å². The predicted molar refractivity (Wildman–Crippen MR) is 121 cm³/mol. The number of benzene rings is 1. The van der Waals surface area contributed by atoms with Crippen LogP contribution in [0.25, 0.3) is 11.0 Å². The molecule has 0 spiro atoms. The first-order chi connectivity index (χ1) is 15.2. The van der Waals surface area contributed by atoms with Gasteiger partial charge in [0, 0.05) is 18.0 Å². The van der Waals surface area contributed by atoms with Crippen LogP contribution in [0.15, 0.2) is 34.7 Å². The van der Waals surface area contributed by atoms with Crippen molar-refractivity contribution in [3.63, 3.8) is 0 Å². The average molecular weight is 466 g/mol. The summed E-state index contributed by atoms with van der Waals surface area (Å²) >= 11 is -2.20. The summed E-state index contributed by atoms with van der Waals surface area (Å²) in [5.41, 5.74) is 0.587. The number of aliphatic hydroxyl groups excluding tert-OH is 1. The number of nitrogens with one attached hydrogen (secondary N) is 2. The van der Waals surface area contributed by atoms with E-state index in [-0.39, 0.29) is 24.3 Å². The van der Waals surface area contributed by atoms with Crippen LogP contribution in [0.4, 0.5) is 0 Å². The minimum atomic E-state index is -2.20. The standard InChI is InChI=1S/C22H31N3O6S/c1-13(2)10-17(24-22(28)20-11-15-6-4-5-7-19(15)31-20)21(27)23-16-9-8-14(3)25(32(29)30)12-18(16)26/h4-7,11,13-14,16-18,26H,8-10,12H2,1-3H3,(H,23,27)(H,24,28)(H,29,30)/t14-,16+,17+,18+/m1/s1. The molecular weight excluding hydrogens is 434 g/mol. The van der Waals surface area contributed by atoms with Crippen LogP contribution in [0.5, 0.6) is 0 Å². The van der Waals surface area contributed by atoms with Gasteiger partial charge in [-0.05, 0) is 44.2 Å². The van der Waals surface area contributed by atoms with Crippen LogP contribution in [0.2, 0.25) is 0 Å². The van der Waals surface area contributed by atoms with Crippen molar-refractivity contribution in [1.29, 1.82) is 0 Å². The van der Waals surface area contributed by atoms with Gasteiger partial charge in [0.1, 0.15) is 11.6 Å². The molecule has 1 unspecified atom stereocenters. The molecule has 1 aliphatic heterocycles. The molecule has 0 radical (unpaired) electrons. The Bertz CT molecular complexity index is 944.